The number of likely N-dealkylation sites (tertiary alicyclic amines) is 1. The van der Waals surface area contributed by atoms with Crippen LogP contribution in [0, 0.1) is 0 Å². The molecule has 3 rings (SSSR count). The fraction of sp³-hybridized carbons (Fsp3) is 0.389. The molecule has 1 aliphatic heterocycles. The third-order valence-electron chi connectivity index (χ3n) is 4.13. The molecule has 5 nitrogen and oxygen atoms in total. The molecule has 5 heteroatoms. The number of nitrogens with zero attached hydrogens (tertiary/aromatic N) is 3. The van der Waals surface area contributed by atoms with E-state index in [0.29, 0.717) is 17.4 Å². The second-order valence-corrected chi connectivity index (χ2v) is 6.20. The molecule has 0 radical (unpaired) electrons. The van der Waals surface area contributed by atoms with Gasteiger partial charge in [0.15, 0.2) is 11.5 Å². The van der Waals surface area contributed by atoms with Crippen molar-refractivity contribution in [1.29, 1.82) is 0 Å². The van der Waals surface area contributed by atoms with E-state index in [-0.39, 0.29) is 5.91 Å². The van der Waals surface area contributed by atoms with Crippen LogP contribution in [-0.4, -0.2) is 34.1 Å². The maximum Gasteiger partial charge on any atom is 0.274 e. The van der Waals surface area contributed by atoms with Crippen molar-refractivity contribution in [3.05, 3.63) is 47.7 Å². The highest BCUT2D eigenvalue weighted by atomic mass is 16.2. The van der Waals surface area contributed by atoms with Crippen LogP contribution in [0.2, 0.25) is 0 Å². The minimum Gasteiger partial charge on any atom is -0.339 e. The highest BCUT2D eigenvalue weighted by molar-refractivity contribution is 5.92. The van der Waals surface area contributed by atoms with Crippen molar-refractivity contribution in [2.75, 3.05) is 18.4 Å². The second kappa shape index (κ2) is 6.77. The van der Waals surface area contributed by atoms with Gasteiger partial charge in [-0.2, -0.15) is 0 Å². The van der Waals surface area contributed by atoms with Crippen molar-refractivity contribution in [2.24, 2.45) is 0 Å². The van der Waals surface area contributed by atoms with Gasteiger partial charge in [0.2, 0.25) is 0 Å². The molecule has 1 amide bonds. The van der Waals surface area contributed by atoms with Gasteiger partial charge in [0.25, 0.3) is 5.91 Å². The molecule has 0 bridgehead atoms. The van der Waals surface area contributed by atoms with Crippen molar-refractivity contribution >= 4 is 17.4 Å². The molecule has 120 valence electrons. The lowest BCUT2D eigenvalue weighted by Gasteiger charge is -2.14. The summed E-state index contributed by atoms with van der Waals surface area (Å²) >= 11 is 0. The van der Waals surface area contributed by atoms with Gasteiger partial charge >= 0.3 is 0 Å². The van der Waals surface area contributed by atoms with Gasteiger partial charge in [0, 0.05) is 18.8 Å². The van der Waals surface area contributed by atoms with Crippen molar-refractivity contribution in [2.45, 2.75) is 32.6 Å². The number of carbonyl (C=O) groups excluding carboxylic acids is 1. The normalized spacial score (nSPS) is 14.3. The molecule has 2 heterocycles. The molecule has 0 spiro atoms. The number of nitrogens with one attached hydrogen (secondary N) is 1. The Morgan fingerprint density at radius 1 is 1.04 bits per heavy atom. The van der Waals surface area contributed by atoms with Crippen LogP contribution >= 0.6 is 0 Å². The van der Waals surface area contributed by atoms with E-state index in [9.17, 15) is 4.79 Å². The van der Waals surface area contributed by atoms with Gasteiger partial charge in [-0.25, -0.2) is 0 Å². The first-order chi connectivity index (χ1) is 11.1. The summed E-state index contributed by atoms with van der Waals surface area (Å²) in [5.74, 6) is 1.13. The monoisotopic (exact) mass is 310 g/mol. The largest absolute Gasteiger partial charge is 0.339 e. The first-order valence-corrected chi connectivity index (χ1v) is 8.13. The minimum atomic E-state index is -0.0252. The maximum atomic E-state index is 12.2. The van der Waals surface area contributed by atoms with Crippen LogP contribution in [0.4, 0.5) is 11.5 Å². The topological polar surface area (TPSA) is 58.1 Å². The SMILES string of the molecule is CC(C)c1ccc(Nc2ccc(C(=O)N3CCCC3)nn2)cc1. The van der Waals surface area contributed by atoms with Crippen LogP contribution < -0.4 is 5.32 Å². The van der Waals surface area contributed by atoms with E-state index in [1.54, 1.807) is 12.1 Å². The first-order valence-electron chi connectivity index (χ1n) is 8.13. The fourth-order valence-corrected chi connectivity index (χ4v) is 2.69. The van der Waals surface area contributed by atoms with Crippen molar-refractivity contribution < 1.29 is 4.79 Å². The highest BCUT2D eigenvalue weighted by Gasteiger charge is 2.20. The molecule has 1 N–H and O–H groups in total. The Kier molecular flexibility index (Phi) is 4.55. The van der Waals surface area contributed by atoms with Crippen LogP contribution in [-0.2, 0) is 0 Å². The van der Waals surface area contributed by atoms with E-state index in [1.165, 1.54) is 5.56 Å². The summed E-state index contributed by atoms with van der Waals surface area (Å²) in [4.78, 5) is 14.1. The number of amides is 1. The van der Waals surface area contributed by atoms with E-state index < -0.39 is 0 Å². The van der Waals surface area contributed by atoms with Gasteiger partial charge in [0.1, 0.15) is 0 Å². The zero-order valence-electron chi connectivity index (χ0n) is 13.6. The number of aromatic nitrogens is 2. The van der Waals surface area contributed by atoms with E-state index in [2.05, 4.69) is 41.5 Å². The Morgan fingerprint density at radius 2 is 1.74 bits per heavy atom. The summed E-state index contributed by atoms with van der Waals surface area (Å²) in [7, 11) is 0. The number of benzene rings is 1. The van der Waals surface area contributed by atoms with Crippen LogP contribution in [0.1, 0.15) is 48.7 Å². The van der Waals surface area contributed by atoms with Crippen molar-refractivity contribution in [3.63, 3.8) is 0 Å². The van der Waals surface area contributed by atoms with E-state index in [0.717, 1.165) is 31.6 Å². The van der Waals surface area contributed by atoms with Gasteiger partial charge in [-0.3, -0.25) is 4.79 Å². The lowest BCUT2D eigenvalue weighted by atomic mass is 10.0. The molecule has 1 saturated heterocycles. The van der Waals surface area contributed by atoms with E-state index in [1.807, 2.05) is 17.0 Å². The minimum absolute atomic E-state index is 0.0252. The van der Waals surface area contributed by atoms with Crippen molar-refractivity contribution in [1.82, 2.24) is 15.1 Å². The summed E-state index contributed by atoms with van der Waals surface area (Å²) in [5.41, 5.74) is 2.67. The van der Waals surface area contributed by atoms with Gasteiger partial charge in [-0.05, 0) is 48.6 Å². The zero-order chi connectivity index (χ0) is 16.2. The second-order valence-electron chi connectivity index (χ2n) is 6.20. The average Bonchev–Trinajstić information content (AvgIpc) is 3.10. The Morgan fingerprint density at radius 3 is 2.30 bits per heavy atom. The summed E-state index contributed by atoms with van der Waals surface area (Å²) in [6.07, 6.45) is 2.15. The Bertz CT molecular complexity index is 658. The molecule has 23 heavy (non-hydrogen) atoms. The van der Waals surface area contributed by atoms with Gasteiger partial charge < -0.3 is 10.2 Å². The third-order valence-corrected chi connectivity index (χ3v) is 4.13. The molecule has 1 fully saturated rings. The molecule has 0 saturated carbocycles. The molecule has 1 aromatic carbocycles. The van der Waals surface area contributed by atoms with Gasteiger partial charge in [0.05, 0.1) is 0 Å². The van der Waals surface area contributed by atoms with Crippen LogP contribution in [0.15, 0.2) is 36.4 Å². The molecule has 0 aliphatic carbocycles. The standard InChI is InChI=1S/C18H22N4O/c1-13(2)14-5-7-15(8-6-14)19-17-10-9-16(20-21-17)18(23)22-11-3-4-12-22/h5-10,13H,3-4,11-12H2,1-2H3,(H,19,21). The van der Waals surface area contributed by atoms with E-state index >= 15 is 0 Å². The number of anilines is 2. The van der Waals surface area contributed by atoms with E-state index in [4.69, 9.17) is 0 Å². The Labute approximate surface area is 136 Å². The molecule has 0 atom stereocenters. The Balaban J connectivity index is 1.66. The zero-order valence-corrected chi connectivity index (χ0v) is 13.6. The quantitative estimate of drug-likeness (QED) is 0.937. The van der Waals surface area contributed by atoms with Crippen molar-refractivity contribution in [3.8, 4) is 0 Å². The molecule has 0 unspecified atom stereocenters. The summed E-state index contributed by atoms with van der Waals surface area (Å²) in [6.45, 7) is 5.99. The predicted octanol–water partition coefficient (Wildman–Crippen LogP) is 3.58. The molecule has 1 aromatic heterocycles. The lowest BCUT2D eigenvalue weighted by molar-refractivity contribution is 0.0786. The number of hydrogen-bond acceptors (Lipinski definition) is 4. The fourth-order valence-electron chi connectivity index (χ4n) is 2.69. The molecule has 1 aliphatic rings. The van der Waals surface area contributed by atoms with Gasteiger partial charge in [-0.1, -0.05) is 26.0 Å². The summed E-state index contributed by atoms with van der Waals surface area (Å²) < 4.78 is 0. The number of rotatable bonds is 4. The van der Waals surface area contributed by atoms with Gasteiger partial charge in [-0.15, -0.1) is 10.2 Å². The Hall–Kier alpha value is -2.43. The summed E-state index contributed by atoms with van der Waals surface area (Å²) in [5, 5.41) is 11.4. The molecular weight excluding hydrogens is 288 g/mol. The first kappa shape index (κ1) is 15.5. The van der Waals surface area contributed by atoms with Crippen LogP contribution in [0.5, 0.6) is 0 Å². The summed E-state index contributed by atoms with van der Waals surface area (Å²) in [6, 6.07) is 11.8. The number of carbonyl (C=O) groups is 1. The smallest absolute Gasteiger partial charge is 0.274 e. The van der Waals surface area contributed by atoms with Crippen LogP contribution in [0.3, 0.4) is 0 Å². The average molecular weight is 310 g/mol. The van der Waals surface area contributed by atoms with Crippen LogP contribution in [0.25, 0.3) is 0 Å². The number of hydrogen-bond donors (Lipinski definition) is 1. The highest BCUT2D eigenvalue weighted by Crippen LogP contribution is 2.19. The lowest BCUT2D eigenvalue weighted by Crippen LogP contribution is -2.28. The third kappa shape index (κ3) is 3.67. The molecular formula is C18H22N4O. The maximum absolute atomic E-state index is 12.2. The molecule has 2 aromatic rings. The predicted molar refractivity (Wildman–Crippen MR) is 91.0 cm³/mol.